The van der Waals surface area contributed by atoms with Crippen molar-refractivity contribution in [1.29, 1.82) is 0 Å². The van der Waals surface area contributed by atoms with Crippen LogP contribution in [0.15, 0.2) is 17.2 Å². The number of amides is 1. The van der Waals surface area contributed by atoms with Gasteiger partial charge in [0, 0.05) is 12.4 Å². The van der Waals surface area contributed by atoms with Gasteiger partial charge < -0.3 is 9.88 Å². The Kier molecular flexibility index (Phi) is 2.72. The monoisotopic (exact) mass is 223 g/mol. The standard InChI is InChI=1S/C8H9N5OS/c1-13-4-11-12-7(13)2-9-8(14)6-3-15-5-10-6/h3-5H,2H2,1H3,(H,9,14). The molecule has 0 spiro atoms. The summed E-state index contributed by atoms with van der Waals surface area (Å²) in [5.74, 6) is 0.512. The third-order valence-corrected chi connectivity index (χ3v) is 2.46. The van der Waals surface area contributed by atoms with Crippen LogP contribution in [0.1, 0.15) is 16.3 Å². The van der Waals surface area contributed by atoms with Crippen molar-refractivity contribution in [1.82, 2.24) is 25.1 Å². The summed E-state index contributed by atoms with van der Waals surface area (Å²) >= 11 is 1.39. The van der Waals surface area contributed by atoms with Crippen LogP contribution < -0.4 is 5.32 Å². The normalized spacial score (nSPS) is 10.2. The summed E-state index contributed by atoms with van der Waals surface area (Å²) in [4.78, 5) is 15.4. The number of carbonyl (C=O) groups excluding carboxylic acids is 1. The molecular weight excluding hydrogens is 214 g/mol. The molecule has 0 saturated carbocycles. The van der Waals surface area contributed by atoms with Crippen molar-refractivity contribution >= 4 is 17.2 Å². The largest absolute Gasteiger partial charge is 0.343 e. The fourth-order valence-electron chi connectivity index (χ4n) is 1.04. The zero-order valence-corrected chi connectivity index (χ0v) is 8.86. The van der Waals surface area contributed by atoms with Crippen LogP contribution in [0, 0.1) is 0 Å². The molecule has 1 amide bonds. The van der Waals surface area contributed by atoms with Crippen LogP contribution in [0.5, 0.6) is 0 Å². The second-order valence-corrected chi connectivity index (χ2v) is 3.63. The molecule has 0 aliphatic carbocycles. The number of hydrogen-bond donors (Lipinski definition) is 1. The van der Waals surface area contributed by atoms with Gasteiger partial charge in [-0.2, -0.15) is 0 Å². The van der Waals surface area contributed by atoms with Crippen molar-refractivity contribution in [2.24, 2.45) is 7.05 Å². The summed E-state index contributed by atoms with van der Waals surface area (Å²) in [5.41, 5.74) is 2.05. The van der Waals surface area contributed by atoms with Gasteiger partial charge in [-0.15, -0.1) is 21.5 Å². The SMILES string of the molecule is Cn1cnnc1CNC(=O)c1cscn1. The van der Waals surface area contributed by atoms with Gasteiger partial charge in [0.15, 0.2) is 5.82 Å². The summed E-state index contributed by atoms with van der Waals surface area (Å²) in [6.07, 6.45) is 1.59. The molecule has 0 aliphatic rings. The molecule has 0 atom stereocenters. The maximum Gasteiger partial charge on any atom is 0.271 e. The van der Waals surface area contributed by atoms with Gasteiger partial charge in [-0.1, -0.05) is 0 Å². The smallest absolute Gasteiger partial charge is 0.271 e. The molecule has 0 aliphatic heterocycles. The van der Waals surface area contributed by atoms with Crippen LogP contribution in [-0.4, -0.2) is 25.7 Å². The Hall–Kier alpha value is -1.76. The average molecular weight is 223 g/mol. The van der Waals surface area contributed by atoms with E-state index in [4.69, 9.17) is 0 Å². The maximum atomic E-state index is 11.5. The fourth-order valence-corrected chi connectivity index (χ4v) is 1.57. The molecule has 0 bridgehead atoms. The Morgan fingerprint density at radius 3 is 3.13 bits per heavy atom. The highest BCUT2D eigenvalue weighted by Crippen LogP contribution is 2.00. The third-order valence-electron chi connectivity index (χ3n) is 1.88. The van der Waals surface area contributed by atoms with E-state index in [9.17, 15) is 4.79 Å². The van der Waals surface area contributed by atoms with Crippen LogP contribution in [0.25, 0.3) is 0 Å². The van der Waals surface area contributed by atoms with E-state index in [0.717, 1.165) is 0 Å². The molecule has 2 aromatic rings. The molecular formula is C8H9N5OS. The lowest BCUT2D eigenvalue weighted by molar-refractivity contribution is 0.0945. The first-order valence-corrected chi connectivity index (χ1v) is 5.21. The number of rotatable bonds is 3. The van der Waals surface area contributed by atoms with E-state index in [1.165, 1.54) is 11.3 Å². The van der Waals surface area contributed by atoms with Crippen molar-refractivity contribution in [2.45, 2.75) is 6.54 Å². The molecule has 7 heteroatoms. The highest BCUT2D eigenvalue weighted by Gasteiger charge is 2.08. The quantitative estimate of drug-likeness (QED) is 0.806. The lowest BCUT2D eigenvalue weighted by atomic mass is 10.4. The highest BCUT2D eigenvalue weighted by molar-refractivity contribution is 7.07. The third kappa shape index (κ3) is 2.18. The Labute approximate surface area is 90.0 Å². The van der Waals surface area contributed by atoms with Crippen molar-refractivity contribution in [3.8, 4) is 0 Å². The number of thiazole rings is 1. The fraction of sp³-hybridized carbons (Fsp3) is 0.250. The predicted octanol–water partition coefficient (Wildman–Crippen LogP) is 0.202. The molecule has 6 nitrogen and oxygen atoms in total. The van der Waals surface area contributed by atoms with Crippen molar-refractivity contribution in [3.05, 3.63) is 28.7 Å². The molecule has 2 heterocycles. The highest BCUT2D eigenvalue weighted by atomic mass is 32.1. The summed E-state index contributed by atoms with van der Waals surface area (Å²) in [7, 11) is 1.82. The summed E-state index contributed by atoms with van der Waals surface area (Å²) < 4.78 is 1.75. The van der Waals surface area contributed by atoms with E-state index < -0.39 is 0 Å². The average Bonchev–Trinajstić information content (AvgIpc) is 2.85. The summed E-state index contributed by atoms with van der Waals surface area (Å²) in [6, 6.07) is 0. The van der Waals surface area contributed by atoms with Crippen LogP contribution in [0.4, 0.5) is 0 Å². The van der Waals surface area contributed by atoms with E-state index in [1.54, 1.807) is 21.8 Å². The zero-order chi connectivity index (χ0) is 10.7. The number of aryl methyl sites for hydroxylation is 1. The van der Waals surface area contributed by atoms with Crippen LogP contribution in [0.2, 0.25) is 0 Å². The van der Waals surface area contributed by atoms with Crippen molar-refractivity contribution in [2.75, 3.05) is 0 Å². The van der Waals surface area contributed by atoms with Gasteiger partial charge in [-0.05, 0) is 0 Å². The van der Waals surface area contributed by atoms with Crippen molar-refractivity contribution in [3.63, 3.8) is 0 Å². The number of carbonyl (C=O) groups is 1. The van der Waals surface area contributed by atoms with E-state index in [-0.39, 0.29) is 5.91 Å². The number of aromatic nitrogens is 4. The lowest BCUT2D eigenvalue weighted by Crippen LogP contribution is -2.24. The summed E-state index contributed by atoms with van der Waals surface area (Å²) in [5, 5.41) is 12.0. The number of nitrogens with one attached hydrogen (secondary N) is 1. The minimum absolute atomic E-state index is 0.195. The van der Waals surface area contributed by atoms with Gasteiger partial charge in [0.25, 0.3) is 5.91 Å². The van der Waals surface area contributed by atoms with E-state index in [2.05, 4.69) is 20.5 Å². The zero-order valence-electron chi connectivity index (χ0n) is 8.04. The Balaban J connectivity index is 1.95. The molecule has 2 rings (SSSR count). The molecule has 78 valence electrons. The number of nitrogens with zero attached hydrogens (tertiary/aromatic N) is 4. The molecule has 0 saturated heterocycles. The van der Waals surface area contributed by atoms with E-state index in [0.29, 0.717) is 18.1 Å². The van der Waals surface area contributed by atoms with Crippen LogP contribution >= 0.6 is 11.3 Å². The molecule has 0 aromatic carbocycles. The maximum absolute atomic E-state index is 11.5. The van der Waals surface area contributed by atoms with Gasteiger partial charge in [-0.25, -0.2) is 4.98 Å². The van der Waals surface area contributed by atoms with E-state index in [1.807, 2.05) is 7.05 Å². The van der Waals surface area contributed by atoms with Gasteiger partial charge in [0.2, 0.25) is 0 Å². The van der Waals surface area contributed by atoms with E-state index >= 15 is 0 Å². The first-order chi connectivity index (χ1) is 7.27. The Bertz CT molecular complexity index is 449. The Morgan fingerprint density at radius 2 is 2.53 bits per heavy atom. The molecule has 0 unspecified atom stereocenters. The summed E-state index contributed by atoms with van der Waals surface area (Å²) in [6.45, 7) is 0.354. The van der Waals surface area contributed by atoms with Crippen molar-refractivity contribution < 1.29 is 4.79 Å². The first kappa shape index (κ1) is 9.78. The number of hydrogen-bond acceptors (Lipinski definition) is 5. The molecule has 0 fully saturated rings. The topological polar surface area (TPSA) is 72.7 Å². The second kappa shape index (κ2) is 4.18. The second-order valence-electron chi connectivity index (χ2n) is 2.91. The van der Waals surface area contributed by atoms with Gasteiger partial charge in [0.1, 0.15) is 12.0 Å². The Morgan fingerprint density at radius 1 is 1.67 bits per heavy atom. The van der Waals surface area contributed by atoms with Crippen LogP contribution in [-0.2, 0) is 13.6 Å². The molecule has 0 radical (unpaired) electrons. The van der Waals surface area contributed by atoms with Gasteiger partial charge >= 0.3 is 0 Å². The van der Waals surface area contributed by atoms with Gasteiger partial charge in [-0.3, -0.25) is 4.79 Å². The molecule has 2 aromatic heterocycles. The minimum atomic E-state index is -0.195. The molecule has 1 N–H and O–H groups in total. The molecule has 15 heavy (non-hydrogen) atoms. The minimum Gasteiger partial charge on any atom is -0.343 e. The lowest BCUT2D eigenvalue weighted by Gasteiger charge is -2.01. The van der Waals surface area contributed by atoms with Crippen LogP contribution in [0.3, 0.4) is 0 Å². The predicted molar refractivity (Wildman–Crippen MR) is 54.3 cm³/mol. The first-order valence-electron chi connectivity index (χ1n) is 4.26. The van der Waals surface area contributed by atoms with Gasteiger partial charge in [0.05, 0.1) is 12.1 Å².